The van der Waals surface area contributed by atoms with Crippen LogP contribution in [0.3, 0.4) is 0 Å². The van der Waals surface area contributed by atoms with Gasteiger partial charge in [-0.25, -0.2) is 0 Å². The van der Waals surface area contributed by atoms with Crippen LogP contribution in [0.1, 0.15) is 12.7 Å². The topological polar surface area (TPSA) is 47.9 Å². The molecule has 0 unspecified atom stereocenters. The smallest absolute Gasteiger partial charge is 0.227 e. The monoisotopic (exact) mass is 217 g/mol. The molecule has 0 aliphatic rings. The van der Waals surface area contributed by atoms with E-state index in [1.165, 1.54) is 0 Å². The molecule has 1 heterocycles. The summed E-state index contributed by atoms with van der Waals surface area (Å²) < 4.78 is 4.77. The molecule has 0 N–H and O–H groups in total. The highest BCUT2D eigenvalue weighted by atomic mass is 35.5. The Hall–Kier alpha value is -1.05. The van der Waals surface area contributed by atoms with Crippen LogP contribution in [0, 0.1) is 12.0 Å². The predicted octanol–water partition coefficient (Wildman–Crippen LogP) is 1.52. The summed E-state index contributed by atoms with van der Waals surface area (Å²) in [6, 6.07) is 0. The first-order valence-electron chi connectivity index (χ1n) is 3.42. The Morgan fingerprint density at radius 1 is 1.23 bits per heavy atom. The Morgan fingerprint density at radius 2 is 1.85 bits per heavy atom. The van der Waals surface area contributed by atoms with Crippen LogP contribution >= 0.6 is 23.2 Å². The van der Waals surface area contributed by atoms with E-state index in [1.807, 2.05) is 6.92 Å². The minimum atomic E-state index is 0.0146. The molecule has 1 rings (SSSR count). The quantitative estimate of drug-likeness (QED) is 0.670. The van der Waals surface area contributed by atoms with E-state index in [0.717, 1.165) is 0 Å². The minimum Gasteiger partial charge on any atom is -0.447 e. The molecular weight excluding hydrogens is 213 g/mol. The van der Waals surface area contributed by atoms with Crippen molar-refractivity contribution in [2.45, 2.75) is 6.92 Å². The summed E-state index contributed by atoms with van der Waals surface area (Å²) in [5.74, 6) is 2.72. The lowest BCUT2D eigenvalue weighted by Gasteiger charge is -1.91. The first-order valence-corrected chi connectivity index (χ1v) is 4.18. The SMILES string of the molecule is CCOC#Cc1nc(Cl)nc(Cl)n1. The van der Waals surface area contributed by atoms with E-state index in [-0.39, 0.29) is 16.4 Å². The average molecular weight is 218 g/mol. The van der Waals surface area contributed by atoms with Gasteiger partial charge in [0.15, 0.2) is 0 Å². The number of nitrogens with zero attached hydrogens (tertiary/aromatic N) is 3. The maximum absolute atomic E-state index is 5.51. The third kappa shape index (κ3) is 3.45. The maximum atomic E-state index is 5.51. The molecule has 0 saturated heterocycles. The summed E-state index contributed by atoms with van der Waals surface area (Å²) in [4.78, 5) is 11.0. The van der Waals surface area contributed by atoms with Crippen molar-refractivity contribution in [1.82, 2.24) is 15.0 Å². The minimum absolute atomic E-state index is 0.0146. The fourth-order valence-corrected chi connectivity index (χ4v) is 0.899. The number of rotatable bonds is 1. The molecule has 0 amide bonds. The van der Waals surface area contributed by atoms with Crippen LogP contribution in [0.4, 0.5) is 0 Å². The van der Waals surface area contributed by atoms with Gasteiger partial charge >= 0.3 is 0 Å². The third-order valence-electron chi connectivity index (χ3n) is 0.960. The van der Waals surface area contributed by atoms with Crippen molar-refractivity contribution in [1.29, 1.82) is 0 Å². The fourth-order valence-electron chi connectivity index (χ4n) is 0.536. The molecule has 4 nitrogen and oxygen atoms in total. The van der Waals surface area contributed by atoms with Crippen molar-refractivity contribution in [2.24, 2.45) is 0 Å². The second-order valence-corrected chi connectivity index (χ2v) is 2.53. The van der Waals surface area contributed by atoms with Gasteiger partial charge in [0.2, 0.25) is 16.4 Å². The van der Waals surface area contributed by atoms with E-state index in [1.54, 1.807) is 0 Å². The van der Waals surface area contributed by atoms with Crippen molar-refractivity contribution in [2.75, 3.05) is 6.61 Å². The van der Waals surface area contributed by atoms with Gasteiger partial charge in [-0.05, 0) is 30.1 Å². The lowest BCUT2D eigenvalue weighted by Crippen LogP contribution is -1.93. The van der Waals surface area contributed by atoms with Crippen molar-refractivity contribution in [3.63, 3.8) is 0 Å². The van der Waals surface area contributed by atoms with Crippen LogP contribution in [0.25, 0.3) is 0 Å². The predicted molar refractivity (Wildman–Crippen MR) is 48.4 cm³/mol. The third-order valence-corrected chi connectivity index (χ3v) is 1.30. The Kier molecular flexibility index (Phi) is 3.74. The van der Waals surface area contributed by atoms with E-state index in [4.69, 9.17) is 27.9 Å². The van der Waals surface area contributed by atoms with Gasteiger partial charge in [0, 0.05) is 5.92 Å². The van der Waals surface area contributed by atoms with E-state index in [9.17, 15) is 0 Å². The van der Waals surface area contributed by atoms with Crippen LogP contribution in [-0.4, -0.2) is 21.6 Å². The first kappa shape index (κ1) is 10.0. The highest BCUT2D eigenvalue weighted by Crippen LogP contribution is 2.04. The van der Waals surface area contributed by atoms with Crippen molar-refractivity contribution in [3.8, 4) is 12.0 Å². The van der Waals surface area contributed by atoms with Gasteiger partial charge < -0.3 is 4.74 Å². The molecule has 0 radical (unpaired) electrons. The van der Waals surface area contributed by atoms with Gasteiger partial charge in [-0.3, -0.25) is 0 Å². The van der Waals surface area contributed by atoms with Gasteiger partial charge in [-0.15, -0.1) is 0 Å². The molecule has 0 aliphatic heterocycles. The van der Waals surface area contributed by atoms with E-state index < -0.39 is 0 Å². The normalized spacial score (nSPS) is 8.85. The average Bonchev–Trinajstić information content (AvgIpc) is 2.03. The highest BCUT2D eigenvalue weighted by molar-refractivity contribution is 6.31. The van der Waals surface area contributed by atoms with Gasteiger partial charge in [0.25, 0.3) is 0 Å². The Labute approximate surface area is 85.3 Å². The number of halogens is 2. The van der Waals surface area contributed by atoms with Crippen LogP contribution in [-0.2, 0) is 4.74 Å². The number of ether oxygens (including phenoxy) is 1. The lowest BCUT2D eigenvalue weighted by molar-refractivity contribution is 0.299. The van der Waals surface area contributed by atoms with Gasteiger partial charge in [0.05, 0.1) is 6.61 Å². The highest BCUT2D eigenvalue weighted by Gasteiger charge is 1.99. The fraction of sp³-hybridized carbons (Fsp3) is 0.286. The van der Waals surface area contributed by atoms with Gasteiger partial charge in [0.1, 0.15) is 6.11 Å². The summed E-state index contributed by atoms with van der Waals surface area (Å²) in [7, 11) is 0. The molecule has 0 aliphatic carbocycles. The first-order chi connectivity index (χ1) is 6.22. The van der Waals surface area contributed by atoms with E-state index in [0.29, 0.717) is 6.61 Å². The van der Waals surface area contributed by atoms with Crippen molar-refractivity contribution >= 4 is 23.2 Å². The van der Waals surface area contributed by atoms with Crippen LogP contribution in [0.15, 0.2) is 0 Å². The second-order valence-electron chi connectivity index (χ2n) is 1.86. The Balaban J connectivity index is 2.85. The van der Waals surface area contributed by atoms with Crippen LogP contribution in [0.5, 0.6) is 0 Å². The zero-order valence-electron chi connectivity index (χ0n) is 6.71. The van der Waals surface area contributed by atoms with Gasteiger partial charge in [-0.2, -0.15) is 15.0 Å². The molecule has 0 fully saturated rings. The summed E-state index contributed by atoms with van der Waals surface area (Å²) in [6.07, 6.45) is 2.39. The molecule has 1 aromatic rings. The maximum Gasteiger partial charge on any atom is 0.227 e. The van der Waals surface area contributed by atoms with E-state index in [2.05, 4.69) is 27.0 Å². The van der Waals surface area contributed by atoms with Gasteiger partial charge in [-0.1, -0.05) is 0 Å². The summed E-state index contributed by atoms with van der Waals surface area (Å²) in [5.41, 5.74) is 0. The summed E-state index contributed by atoms with van der Waals surface area (Å²) in [6.45, 7) is 2.32. The molecule has 0 saturated carbocycles. The van der Waals surface area contributed by atoms with Crippen LogP contribution < -0.4 is 0 Å². The molecule has 0 spiro atoms. The van der Waals surface area contributed by atoms with Crippen molar-refractivity contribution < 1.29 is 4.74 Å². The molecule has 68 valence electrons. The zero-order valence-corrected chi connectivity index (χ0v) is 8.22. The Bertz CT molecular complexity index is 338. The number of aromatic nitrogens is 3. The summed E-state index contributed by atoms with van der Waals surface area (Å²) >= 11 is 11.0. The Morgan fingerprint density at radius 3 is 2.38 bits per heavy atom. The summed E-state index contributed by atoms with van der Waals surface area (Å²) in [5, 5.41) is 0.0293. The lowest BCUT2D eigenvalue weighted by atomic mass is 10.6. The standard InChI is InChI=1S/C7H5Cl2N3O/c1-2-13-4-3-5-10-6(8)12-7(9)11-5/h2H2,1H3. The number of hydrogen-bond donors (Lipinski definition) is 0. The van der Waals surface area contributed by atoms with Crippen LogP contribution in [0.2, 0.25) is 10.6 Å². The molecule has 1 aromatic heterocycles. The molecule has 6 heteroatoms. The van der Waals surface area contributed by atoms with E-state index >= 15 is 0 Å². The largest absolute Gasteiger partial charge is 0.447 e. The second kappa shape index (κ2) is 4.85. The molecule has 13 heavy (non-hydrogen) atoms. The molecule has 0 aromatic carbocycles. The zero-order chi connectivity index (χ0) is 9.68. The molecule has 0 bridgehead atoms. The van der Waals surface area contributed by atoms with Crippen molar-refractivity contribution in [3.05, 3.63) is 16.4 Å². The molecular formula is C7H5Cl2N3O. The molecule has 0 atom stereocenters. The number of hydrogen-bond acceptors (Lipinski definition) is 4.